The highest BCUT2D eigenvalue weighted by Gasteiger charge is 2.20. The number of carbonyl (C=O) groups is 1. The molecule has 0 aliphatic heterocycles. The third-order valence-corrected chi connectivity index (χ3v) is 5.59. The van der Waals surface area contributed by atoms with Crippen LogP contribution in [0.2, 0.25) is 0 Å². The molecule has 0 atom stereocenters. The Kier molecular flexibility index (Phi) is 6.20. The Bertz CT molecular complexity index is 1170. The molecule has 4 rings (SSSR count). The maximum absolute atomic E-state index is 12.2. The molecule has 30 heavy (non-hydrogen) atoms. The molecule has 0 aliphatic carbocycles. The van der Waals surface area contributed by atoms with E-state index in [2.05, 4.69) is 62.3 Å². The minimum Gasteiger partial charge on any atom is -0.272 e. The van der Waals surface area contributed by atoms with Crippen LogP contribution in [0.5, 0.6) is 0 Å². The lowest BCUT2D eigenvalue weighted by atomic mass is 10.1. The zero-order chi connectivity index (χ0) is 20.8. The van der Waals surface area contributed by atoms with Gasteiger partial charge in [0.05, 0.1) is 12.0 Å². The highest BCUT2D eigenvalue weighted by Crippen LogP contribution is 2.18. The van der Waals surface area contributed by atoms with E-state index in [0.717, 1.165) is 28.3 Å². The average molecular weight is 417 g/mol. The molecule has 0 saturated carbocycles. The first-order chi connectivity index (χ1) is 14.7. The van der Waals surface area contributed by atoms with Crippen LogP contribution < -0.4 is 9.99 Å². The molecule has 4 aromatic rings. The number of carbonyl (C=O) groups excluding carboxylic acids is 1. The van der Waals surface area contributed by atoms with E-state index in [4.69, 9.17) is 0 Å². The summed E-state index contributed by atoms with van der Waals surface area (Å²) in [6.45, 7) is 2.81. The van der Waals surface area contributed by atoms with E-state index >= 15 is 0 Å². The molecular weight excluding hydrogens is 394 g/mol. The predicted molar refractivity (Wildman–Crippen MR) is 119 cm³/mol. The number of imidazole rings is 1. The highest BCUT2D eigenvalue weighted by atomic mass is 32.2. The van der Waals surface area contributed by atoms with Crippen molar-refractivity contribution in [3.8, 4) is 0 Å². The molecule has 0 fully saturated rings. The van der Waals surface area contributed by atoms with Crippen LogP contribution >= 0.6 is 11.8 Å². The fourth-order valence-corrected chi connectivity index (χ4v) is 3.88. The fraction of sp³-hybridized carbons (Fsp3) is 0.130. The number of nitrogens with one attached hydrogen (secondary N) is 2. The molecular formula is C23H22N5OS+. The second kappa shape index (κ2) is 9.37. The summed E-state index contributed by atoms with van der Waals surface area (Å²) in [7, 11) is 0. The van der Waals surface area contributed by atoms with Gasteiger partial charge in [0.25, 0.3) is 5.91 Å². The molecule has 0 spiro atoms. The molecule has 0 bridgehead atoms. The van der Waals surface area contributed by atoms with Crippen LogP contribution in [0, 0.1) is 6.92 Å². The summed E-state index contributed by atoms with van der Waals surface area (Å²) in [5, 5.41) is 4.95. The van der Waals surface area contributed by atoms with Gasteiger partial charge in [-0.25, -0.2) is 15.0 Å². The van der Waals surface area contributed by atoms with Crippen molar-refractivity contribution in [2.45, 2.75) is 18.6 Å². The largest absolute Gasteiger partial charge is 0.317 e. The molecule has 2 heterocycles. The molecule has 2 N–H and O–H groups in total. The number of aromatic nitrogens is 3. The summed E-state index contributed by atoms with van der Waals surface area (Å²) in [4.78, 5) is 19.6. The van der Waals surface area contributed by atoms with Gasteiger partial charge in [-0.2, -0.15) is 5.10 Å². The fourth-order valence-electron chi connectivity index (χ4n) is 3.05. The number of H-pyrrole nitrogens is 1. The Morgan fingerprint density at radius 3 is 2.70 bits per heavy atom. The Morgan fingerprint density at radius 1 is 1.13 bits per heavy atom. The summed E-state index contributed by atoms with van der Waals surface area (Å²) in [5.74, 6) is 0.0971. The van der Waals surface area contributed by atoms with Crippen molar-refractivity contribution in [2.75, 3.05) is 5.75 Å². The minimum absolute atomic E-state index is 0.161. The number of benzene rings is 2. The summed E-state index contributed by atoms with van der Waals surface area (Å²) in [5.41, 5.74) is 8.06. The van der Waals surface area contributed by atoms with E-state index in [1.54, 1.807) is 18.6 Å². The Balaban J connectivity index is 1.46. The number of hydrogen-bond acceptors (Lipinski definition) is 4. The van der Waals surface area contributed by atoms with Gasteiger partial charge >= 0.3 is 5.16 Å². The molecule has 0 aliphatic rings. The molecule has 2 aromatic heterocycles. The maximum atomic E-state index is 12.2. The van der Waals surface area contributed by atoms with E-state index in [-0.39, 0.29) is 11.7 Å². The van der Waals surface area contributed by atoms with E-state index in [1.807, 2.05) is 30.3 Å². The van der Waals surface area contributed by atoms with Crippen LogP contribution in [0.15, 0.2) is 83.3 Å². The first-order valence-electron chi connectivity index (χ1n) is 9.60. The van der Waals surface area contributed by atoms with Gasteiger partial charge in [0.15, 0.2) is 11.0 Å². The SMILES string of the molecule is Cc1ccc(C[n+]2c(SCC(=O)NN=Cc3ccncc3)[nH]c3ccccc32)cc1. The van der Waals surface area contributed by atoms with Crippen molar-refractivity contribution in [1.82, 2.24) is 15.4 Å². The third kappa shape index (κ3) is 4.93. The number of amides is 1. The number of fused-ring (bicyclic) bond motifs is 1. The van der Waals surface area contributed by atoms with Crippen molar-refractivity contribution in [3.05, 3.63) is 89.7 Å². The summed E-state index contributed by atoms with van der Waals surface area (Å²) in [6.07, 6.45) is 4.97. The second-order valence-corrected chi connectivity index (χ2v) is 7.85. The molecule has 2 aromatic carbocycles. The third-order valence-electron chi connectivity index (χ3n) is 4.59. The Morgan fingerprint density at radius 2 is 1.90 bits per heavy atom. The van der Waals surface area contributed by atoms with Crippen LogP contribution in [0.25, 0.3) is 11.0 Å². The van der Waals surface area contributed by atoms with Crippen LogP contribution in [0.1, 0.15) is 16.7 Å². The van der Waals surface area contributed by atoms with Gasteiger partial charge in [0.2, 0.25) is 0 Å². The summed E-state index contributed by atoms with van der Waals surface area (Å²) >= 11 is 1.46. The molecule has 0 saturated heterocycles. The number of aryl methyl sites for hydroxylation is 1. The second-order valence-electron chi connectivity index (χ2n) is 6.88. The van der Waals surface area contributed by atoms with Gasteiger partial charge in [-0.3, -0.25) is 9.78 Å². The first-order valence-corrected chi connectivity index (χ1v) is 10.6. The molecule has 150 valence electrons. The van der Waals surface area contributed by atoms with Gasteiger partial charge in [0.1, 0.15) is 6.54 Å². The first kappa shape index (κ1) is 19.8. The van der Waals surface area contributed by atoms with Crippen molar-refractivity contribution in [3.63, 3.8) is 0 Å². The number of rotatable bonds is 7. The normalized spacial score (nSPS) is 11.2. The van der Waals surface area contributed by atoms with Crippen LogP contribution in [0.4, 0.5) is 0 Å². The van der Waals surface area contributed by atoms with Gasteiger partial charge in [0, 0.05) is 12.4 Å². The lowest BCUT2D eigenvalue weighted by Gasteiger charge is -2.03. The quantitative estimate of drug-likeness (QED) is 0.210. The van der Waals surface area contributed by atoms with Gasteiger partial charge < -0.3 is 0 Å². The molecule has 7 heteroatoms. The van der Waals surface area contributed by atoms with E-state index < -0.39 is 0 Å². The Hall–Kier alpha value is -3.45. The zero-order valence-electron chi connectivity index (χ0n) is 16.6. The van der Waals surface area contributed by atoms with E-state index in [0.29, 0.717) is 0 Å². The van der Waals surface area contributed by atoms with Crippen LogP contribution in [-0.4, -0.2) is 27.8 Å². The number of aromatic amines is 1. The maximum Gasteiger partial charge on any atom is 0.317 e. The van der Waals surface area contributed by atoms with E-state index in [9.17, 15) is 4.79 Å². The van der Waals surface area contributed by atoms with E-state index in [1.165, 1.54) is 22.9 Å². The van der Waals surface area contributed by atoms with Gasteiger partial charge in [-0.15, -0.1) is 0 Å². The van der Waals surface area contributed by atoms with Crippen molar-refractivity contribution in [1.29, 1.82) is 0 Å². The zero-order valence-corrected chi connectivity index (χ0v) is 17.4. The summed E-state index contributed by atoms with van der Waals surface area (Å²) < 4.78 is 2.21. The number of hydrazone groups is 1. The van der Waals surface area contributed by atoms with Gasteiger partial charge in [-0.05, 0) is 54.1 Å². The average Bonchev–Trinajstić information content (AvgIpc) is 3.12. The number of nitrogens with zero attached hydrogens (tertiary/aromatic N) is 3. The number of para-hydroxylation sites is 2. The topological polar surface area (TPSA) is 74.0 Å². The monoisotopic (exact) mass is 416 g/mol. The number of pyridine rings is 1. The summed E-state index contributed by atoms with van der Waals surface area (Å²) in [6, 6.07) is 20.3. The number of hydrogen-bond donors (Lipinski definition) is 2. The molecule has 0 radical (unpaired) electrons. The standard InChI is InChI=1S/C23H21N5OS/c1-17-6-8-19(9-7-17)15-28-21-5-3-2-4-20(21)26-23(28)30-16-22(29)27-25-14-18-10-12-24-13-11-18/h2-14H,15-16H2,1H3,(H,24,27,29)/p+1. The van der Waals surface area contributed by atoms with Crippen LogP contribution in [0.3, 0.4) is 0 Å². The number of thioether (sulfide) groups is 1. The lowest BCUT2D eigenvalue weighted by molar-refractivity contribution is -0.700. The molecule has 1 amide bonds. The molecule has 0 unspecified atom stereocenters. The smallest absolute Gasteiger partial charge is 0.272 e. The van der Waals surface area contributed by atoms with Gasteiger partial charge in [-0.1, -0.05) is 42.0 Å². The van der Waals surface area contributed by atoms with Crippen molar-refractivity contribution < 1.29 is 9.36 Å². The molecule has 6 nitrogen and oxygen atoms in total. The predicted octanol–water partition coefficient (Wildman–Crippen LogP) is 3.45. The lowest BCUT2D eigenvalue weighted by Crippen LogP contribution is -2.36. The Labute approximate surface area is 179 Å². The minimum atomic E-state index is -0.161. The van der Waals surface area contributed by atoms with Crippen molar-refractivity contribution >= 4 is 34.9 Å². The highest BCUT2D eigenvalue weighted by molar-refractivity contribution is 7.99. The van der Waals surface area contributed by atoms with Crippen molar-refractivity contribution in [2.24, 2.45) is 5.10 Å². The van der Waals surface area contributed by atoms with Crippen LogP contribution in [-0.2, 0) is 11.3 Å².